The Kier molecular flexibility index (Phi) is 3.11. The van der Waals surface area contributed by atoms with Gasteiger partial charge in [-0.25, -0.2) is 0 Å². The number of rotatable bonds is 2. The molecule has 82 valence electrons. The minimum Gasteiger partial charge on any atom is -0.316 e. The Morgan fingerprint density at radius 3 is 2.40 bits per heavy atom. The van der Waals surface area contributed by atoms with Crippen molar-refractivity contribution in [2.75, 3.05) is 13.1 Å². The third-order valence-corrected chi connectivity index (χ3v) is 3.62. The summed E-state index contributed by atoms with van der Waals surface area (Å²) in [6, 6.07) is 9.04. The highest BCUT2D eigenvalue weighted by Crippen LogP contribution is 2.33. The van der Waals surface area contributed by atoms with Crippen LogP contribution in [0.5, 0.6) is 0 Å². The highest BCUT2D eigenvalue weighted by Gasteiger charge is 2.30. The van der Waals surface area contributed by atoms with Gasteiger partial charge in [-0.2, -0.15) is 0 Å². The van der Waals surface area contributed by atoms with Gasteiger partial charge in [0.1, 0.15) is 0 Å². The minimum absolute atomic E-state index is 0.714. The van der Waals surface area contributed by atoms with Gasteiger partial charge in [0, 0.05) is 12.5 Å². The van der Waals surface area contributed by atoms with Crippen LogP contribution in [0.25, 0.3) is 0 Å². The van der Waals surface area contributed by atoms with E-state index in [1.165, 1.54) is 17.7 Å². The molecule has 1 aliphatic heterocycles. The molecule has 1 aromatic carbocycles. The minimum atomic E-state index is 0.714. The second kappa shape index (κ2) is 4.36. The van der Waals surface area contributed by atoms with E-state index in [2.05, 4.69) is 50.4 Å². The van der Waals surface area contributed by atoms with Gasteiger partial charge < -0.3 is 5.32 Å². The normalized spacial score (nSPS) is 26.1. The molecule has 15 heavy (non-hydrogen) atoms. The summed E-state index contributed by atoms with van der Waals surface area (Å²) in [5.41, 5.74) is 2.86. The second-order valence-corrected chi connectivity index (χ2v) is 5.08. The van der Waals surface area contributed by atoms with Gasteiger partial charge in [0.25, 0.3) is 0 Å². The molecule has 1 heterocycles. The fourth-order valence-corrected chi connectivity index (χ4v) is 2.58. The van der Waals surface area contributed by atoms with Crippen LogP contribution in [0.1, 0.15) is 30.9 Å². The predicted octanol–water partition coefficient (Wildman–Crippen LogP) is 2.95. The van der Waals surface area contributed by atoms with Gasteiger partial charge in [-0.15, -0.1) is 0 Å². The van der Waals surface area contributed by atoms with Crippen molar-refractivity contribution < 1.29 is 0 Å². The van der Waals surface area contributed by atoms with Crippen molar-refractivity contribution in [1.29, 1.82) is 0 Å². The Labute approximate surface area is 92.9 Å². The topological polar surface area (TPSA) is 12.0 Å². The molecule has 2 rings (SSSR count). The Morgan fingerprint density at radius 2 is 1.80 bits per heavy atom. The summed E-state index contributed by atoms with van der Waals surface area (Å²) in [4.78, 5) is 0. The maximum Gasteiger partial charge on any atom is 0.00235 e. The number of aryl methyl sites for hydroxylation is 1. The molecule has 1 N–H and O–H groups in total. The highest BCUT2D eigenvalue weighted by molar-refractivity contribution is 5.26. The van der Waals surface area contributed by atoms with Crippen LogP contribution in [0.2, 0.25) is 0 Å². The van der Waals surface area contributed by atoms with Gasteiger partial charge in [0.2, 0.25) is 0 Å². The molecule has 1 fully saturated rings. The summed E-state index contributed by atoms with van der Waals surface area (Å²) < 4.78 is 0. The van der Waals surface area contributed by atoms with E-state index in [-0.39, 0.29) is 0 Å². The molecule has 0 saturated carbocycles. The summed E-state index contributed by atoms with van der Waals surface area (Å²) in [5, 5.41) is 3.52. The van der Waals surface area contributed by atoms with Gasteiger partial charge in [-0.3, -0.25) is 0 Å². The van der Waals surface area contributed by atoms with E-state index in [0.29, 0.717) is 5.92 Å². The predicted molar refractivity (Wildman–Crippen MR) is 65.1 cm³/mol. The van der Waals surface area contributed by atoms with E-state index >= 15 is 0 Å². The second-order valence-electron chi connectivity index (χ2n) is 5.08. The highest BCUT2D eigenvalue weighted by atomic mass is 14.9. The lowest BCUT2D eigenvalue weighted by Crippen LogP contribution is -2.17. The summed E-state index contributed by atoms with van der Waals surface area (Å²) in [6.07, 6.45) is 0. The van der Waals surface area contributed by atoms with Crippen LogP contribution in [0, 0.1) is 18.8 Å². The van der Waals surface area contributed by atoms with E-state index in [0.717, 1.165) is 18.4 Å². The molecule has 1 aromatic rings. The van der Waals surface area contributed by atoms with Crippen molar-refractivity contribution >= 4 is 0 Å². The lowest BCUT2D eigenvalue weighted by Gasteiger charge is -2.22. The van der Waals surface area contributed by atoms with Gasteiger partial charge in [0.15, 0.2) is 0 Å². The molecule has 0 aliphatic carbocycles. The van der Waals surface area contributed by atoms with Gasteiger partial charge >= 0.3 is 0 Å². The van der Waals surface area contributed by atoms with Crippen molar-refractivity contribution in [3.05, 3.63) is 35.4 Å². The summed E-state index contributed by atoms with van der Waals surface area (Å²) in [6.45, 7) is 9.14. The Hall–Kier alpha value is -0.820. The van der Waals surface area contributed by atoms with Crippen molar-refractivity contribution in [2.24, 2.45) is 11.8 Å². The number of nitrogens with one attached hydrogen (secondary N) is 1. The summed E-state index contributed by atoms with van der Waals surface area (Å²) in [5.74, 6) is 2.28. The quantitative estimate of drug-likeness (QED) is 0.779. The fourth-order valence-electron chi connectivity index (χ4n) is 2.58. The molecule has 1 heteroatoms. The van der Waals surface area contributed by atoms with Crippen LogP contribution in [0.15, 0.2) is 24.3 Å². The zero-order valence-electron chi connectivity index (χ0n) is 9.96. The van der Waals surface area contributed by atoms with Crippen molar-refractivity contribution in [3.63, 3.8) is 0 Å². The van der Waals surface area contributed by atoms with Crippen LogP contribution in [-0.2, 0) is 0 Å². The Morgan fingerprint density at radius 1 is 1.13 bits per heavy atom. The first kappa shape index (κ1) is 10.7. The molecule has 0 amide bonds. The molecule has 1 nitrogen and oxygen atoms in total. The molecular weight excluding hydrogens is 182 g/mol. The van der Waals surface area contributed by atoms with Crippen LogP contribution in [0.3, 0.4) is 0 Å². The SMILES string of the molecule is Cc1ccc([C@@H]2CNCC2C(C)C)cc1. The molecule has 0 aromatic heterocycles. The molecule has 0 bridgehead atoms. The monoisotopic (exact) mass is 203 g/mol. The van der Waals surface area contributed by atoms with Gasteiger partial charge in [-0.05, 0) is 30.9 Å². The third-order valence-electron chi connectivity index (χ3n) is 3.62. The smallest absolute Gasteiger partial charge is 0.00235 e. The number of hydrogen-bond donors (Lipinski definition) is 1. The lowest BCUT2D eigenvalue weighted by atomic mass is 9.82. The zero-order valence-corrected chi connectivity index (χ0v) is 9.96. The first-order chi connectivity index (χ1) is 7.18. The van der Waals surface area contributed by atoms with Gasteiger partial charge in [0.05, 0.1) is 0 Å². The van der Waals surface area contributed by atoms with Crippen molar-refractivity contribution in [1.82, 2.24) is 5.32 Å². The summed E-state index contributed by atoms with van der Waals surface area (Å²) >= 11 is 0. The molecule has 1 unspecified atom stereocenters. The first-order valence-corrected chi connectivity index (χ1v) is 5.96. The molecule has 1 saturated heterocycles. The molecule has 0 spiro atoms. The fraction of sp³-hybridized carbons (Fsp3) is 0.571. The van der Waals surface area contributed by atoms with E-state index in [9.17, 15) is 0 Å². The average molecular weight is 203 g/mol. The van der Waals surface area contributed by atoms with Crippen molar-refractivity contribution in [3.8, 4) is 0 Å². The maximum absolute atomic E-state index is 3.52. The zero-order chi connectivity index (χ0) is 10.8. The molecular formula is C14H21N. The van der Waals surface area contributed by atoms with E-state index < -0.39 is 0 Å². The van der Waals surface area contributed by atoms with Crippen LogP contribution < -0.4 is 5.32 Å². The first-order valence-electron chi connectivity index (χ1n) is 5.96. The molecule has 1 aliphatic rings. The average Bonchev–Trinajstić information content (AvgIpc) is 2.67. The van der Waals surface area contributed by atoms with E-state index in [4.69, 9.17) is 0 Å². The van der Waals surface area contributed by atoms with E-state index in [1.54, 1.807) is 0 Å². The Balaban J connectivity index is 2.19. The van der Waals surface area contributed by atoms with Gasteiger partial charge in [-0.1, -0.05) is 43.7 Å². The molecule has 0 radical (unpaired) electrons. The summed E-state index contributed by atoms with van der Waals surface area (Å²) in [7, 11) is 0. The number of benzene rings is 1. The molecule has 2 atom stereocenters. The standard InChI is InChI=1S/C14H21N/c1-10(2)13-8-15-9-14(13)12-6-4-11(3)5-7-12/h4-7,10,13-15H,8-9H2,1-3H3/t13?,14-/m0/s1. The third kappa shape index (κ3) is 2.23. The maximum atomic E-state index is 3.52. The van der Waals surface area contributed by atoms with Crippen LogP contribution in [-0.4, -0.2) is 13.1 Å². The Bertz CT molecular complexity index is 313. The largest absolute Gasteiger partial charge is 0.316 e. The number of hydrogen-bond acceptors (Lipinski definition) is 1. The van der Waals surface area contributed by atoms with E-state index in [1.807, 2.05) is 0 Å². The van der Waals surface area contributed by atoms with Crippen LogP contribution >= 0.6 is 0 Å². The van der Waals surface area contributed by atoms with Crippen molar-refractivity contribution in [2.45, 2.75) is 26.7 Å². The van der Waals surface area contributed by atoms with Crippen LogP contribution in [0.4, 0.5) is 0 Å². The lowest BCUT2D eigenvalue weighted by molar-refractivity contribution is 0.381.